The fourth-order valence-corrected chi connectivity index (χ4v) is 4.72. The molecular weight excluding hydrogens is 400 g/mol. The first kappa shape index (κ1) is 21.1. The third kappa shape index (κ3) is 5.50. The second-order valence-corrected chi connectivity index (χ2v) is 8.56. The van der Waals surface area contributed by atoms with Crippen molar-refractivity contribution in [1.82, 2.24) is 14.8 Å². The molecule has 2 fully saturated rings. The van der Waals surface area contributed by atoms with Crippen LogP contribution in [0, 0.1) is 0 Å². The lowest BCUT2D eigenvalue weighted by atomic mass is 10.1. The summed E-state index contributed by atoms with van der Waals surface area (Å²) in [6.45, 7) is 7.69. The highest BCUT2D eigenvalue weighted by Crippen LogP contribution is 2.23. The molecular formula is C22H30N4O3S. The molecule has 7 nitrogen and oxygen atoms in total. The molecule has 0 unspecified atom stereocenters. The smallest absolute Gasteiger partial charge is 0.223 e. The molecule has 8 heteroatoms. The van der Waals surface area contributed by atoms with E-state index in [1.165, 1.54) is 5.56 Å². The van der Waals surface area contributed by atoms with Crippen LogP contribution < -0.4 is 9.64 Å². The summed E-state index contributed by atoms with van der Waals surface area (Å²) in [5.41, 5.74) is 2.30. The number of hydrogen-bond donors (Lipinski definition) is 0. The number of amides is 1. The number of ether oxygens (including phenoxy) is 2. The van der Waals surface area contributed by atoms with E-state index >= 15 is 0 Å². The highest BCUT2D eigenvalue weighted by Gasteiger charge is 2.23. The third-order valence-electron chi connectivity index (χ3n) is 5.72. The van der Waals surface area contributed by atoms with Crippen molar-refractivity contribution in [3.63, 3.8) is 0 Å². The van der Waals surface area contributed by atoms with E-state index in [0.29, 0.717) is 6.42 Å². The maximum absolute atomic E-state index is 12.6. The van der Waals surface area contributed by atoms with Crippen molar-refractivity contribution in [2.45, 2.75) is 19.4 Å². The summed E-state index contributed by atoms with van der Waals surface area (Å²) in [5.74, 6) is 1.08. The van der Waals surface area contributed by atoms with Gasteiger partial charge in [-0.25, -0.2) is 4.98 Å². The van der Waals surface area contributed by atoms with Gasteiger partial charge in [-0.2, -0.15) is 0 Å². The predicted molar refractivity (Wildman–Crippen MR) is 118 cm³/mol. The molecule has 0 radical (unpaired) electrons. The zero-order valence-corrected chi connectivity index (χ0v) is 18.4. The standard InChI is InChI=1S/C22H30N4O3S/c1-28-20-5-2-18(3-6-20)4-7-21(27)25-8-10-26(11-9-25)22-23-19(17-30-22)16-24-12-14-29-15-13-24/h2-3,5-6,17H,4,7-16H2,1H3. The van der Waals surface area contributed by atoms with Crippen molar-refractivity contribution >= 4 is 22.4 Å². The van der Waals surface area contributed by atoms with Crippen LogP contribution in [0.2, 0.25) is 0 Å². The Morgan fingerprint density at radius 2 is 1.83 bits per heavy atom. The summed E-state index contributed by atoms with van der Waals surface area (Å²) in [5, 5.41) is 3.24. The SMILES string of the molecule is COc1ccc(CCC(=O)N2CCN(c3nc(CN4CCOCC4)cs3)CC2)cc1. The lowest BCUT2D eigenvalue weighted by Crippen LogP contribution is -2.48. The average Bonchev–Trinajstić information content (AvgIpc) is 3.27. The molecule has 0 spiro atoms. The summed E-state index contributed by atoms with van der Waals surface area (Å²) in [7, 11) is 1.66. The quantitative estimate of drug-likeness (QED) is 0.672. The van der Waals surface area contributed by atoms with Gasteiger partial charge in [-0.1, -0.05) is 12.1 Å². The fourth-order valence-electron chi connectivity index (χ4n) is 3.85. The molecule has 1 aromatic heterocycles. The molecule has 1 aromatic carbocycles. The van der Waals surface area contributed by atoms with Crippen molar-refractivity contribution in [3.8, 4) is 5.75 Å². The summed E-state index contributed by atoms with van der Waals surface area (Å²) >= 11 is 1.71. The average molecular weight is 431 g/mol. The molecule has 0 saturated carbocycles. The van der Waals surface area contributed by atoms with Crippen LogP contribution in [0.4, 0.5) is 5.13 Å². The Morgan fingerprint density at radius 1 is 1.10 bits per heavy atom. The van der Waals surface area contributed by atoms with Crippen LogP contribution in [0.25, 0.3) is 0 Å². The zero-order chi connectivity index (χ0) is 20.8. The Balaban J connectivity index is 1.21. The number of carbonyl (C=O) groups excluding carboxylic acids is 1. The number of morpholine rings is 1. The Bertz CT molecular complexity index is 812. The first-order valence-corrected chi connectivity index (χ1v) is 11.5. The Labute approximate surface area is 182 Å². The molecule has 0 N–H and O–H groups in total. The van der Waals surface area contributed by atoms with E-state index in [0.717, 1.165) is 82.0 Å². The van der Waals surface area contributed by atoms with E-state index in [-0.39, 0.29) is 5.91 Å². The maximum Gasteiger partial charge on any atom is 0.223 e. The number of hydrogen-bond acceptors (Lipinski definition) is 7. The molecule has 2 aliphatic heterocycles. The molecule has 4 rings (SSSR count). The normalized spacial score (nSPS) is 17.9. The number of aryl methyl sites for hydroxylation is 1. The van der Waals surface area contributed by atoms with Gasteiger partial charge in [0, 0.05) is 57.6 Å². The van der Waals surface area contributed by atoms with E-state index in [9.17, 15) is 4.79 Å². The van der Waals surface area contributed by atoms with Gasteiger partial charge in [0.05, 0.1) is 26.0 Å². The highest BCUT2D eigenvalue weighted by atomic mass is 32.1. The monoisotopic (exact) mass is 430 g/mol. The van der Waals surface area contributed by atoms with E-state index in [4.69, 9.17) is 14.5 Å². The van der Waals surface area contributed by atoms with Gasteiger partial charge in [0.1, 0.15) is 5.75 Å². The first-order valence-electron chi connectivity index (χ1n) is 10.6. The third-order valence-corrected chi connectivity index (χ3v) is 6.67. The lowest BCUT2D eigenvalue weighted by molar-refractivity contribution is -0.131. The van der Waals surface area contributed by atoms with Gasteiger partial charge in [0.15, 0.2) is 5.13 Å². The Hall–Kier alpha value is -2.16. The van der Waals surface area contributed by atoms with Gasteiger partial charge in [-0.15, -0.1) is 11.3 Å². The molecule has 0 bridgehead atoms. The van der Waals surface area contributed by atoms with Crippen molar-refractivity contribution in [3.05, 3.63) is 40.9 Å². The van der Waals surface area contributed by atoms with Crippen molar-refractivity contribution in [2.75, 3.05) is 64.5 Å². The Morgan fingerprint density at radius 3 is 2.53 bits per heavy atom. The Kier molecular flexibility index (Phi) is 7.20. The minimum absolute atomic E-state index is 0.234. The zero-order valence-electron chi connectivity index (χ0n) is 17.6. The molecule has 30 heavy (non-hydrogen) atoms. The molecule has 3 heterocycles. The van der Waals surface area contributed by atoms with Crippen LogP contribution >= 0.6 is 11.3 Å². The van der Waals surface area contributed by atoms with E-state index in [1.54, 1.807) is 18.4 Å². The van der Waals surface area contributed by atoms with Gasteiger partial charge in [0.2, 0.25) is 5.91 Å². The minimum Gasteiger partial charge on any atom is -0.497 e. The highest BCUT2D eigenvalue weighted by molar-refractivity contribution is 7.13. The van der Waals surface area contributed by atoms with Gasteiger partial charge in [-0.05, 0) is 24.1 Å². The van der Waals surface area contributed by atoms with Crippen LogP contribution in [0.5, 0.6) is 5.75 Å². The number of aromatic nitrogens is 1. The number of anilines is 1. The predicted octanol–water partition coefficient (Wildman–Crippen LogP) is 2.27. The number of benzene rings is 1. The van der Waals surface area contributed by atoms with Crippen molar-refractivity contribution in [2.24, 2.45) is 0 Å². The second-order valence-electron chi connectivity index (χ2n) is 7.73. The number of piperazine rings is 1. The van der Waals surface area contributed by atoms with E-state index < -0.39 is 0 Å². The van der Waals surface area contributed by atoms with Gasteiger partial charge in [-0.3, -0.25) is 9.69 Å². The van der Waals surface area contributed by atoms with Crippen molar-refractivity contribution < 1.29 is 14.3 Å². The van der Waals surface area contributed by atoms with Gasteiger partial charge in [0.25, 0.3) is 0 Å². The second kappa shape index (κ2) is 10.2. The van der Waals surface area contributed by atoms with Crippen LogP contribution in [0.3, 0.4) is 0 Å². The summed E-state index contributed by atoms with van der Waals surface area (Å²) in [4.78, 5) is 24.1. The fraction of sp³-hybridized carbons (Fsp3) is 0.545. The lowest BCUT2D eigenvalue weighted by Gasteiger charge is -2.34. The van der Waals surface area contributed by atoms with Gasteiger partial charge < -0.3 is 19.3 Å². The molecule has 0 aliphatic carbocycles. The topological polar surface area (TPSA) is 58.1 Å². The maximum atomic E-state index is 12.6. The summed E-state index contributed by atoms with van der Waals surface area (Å²) < 4.78 is 10.6. The van der Waals surface area contributed by atoms with E-state index in [2.05, 4.69) is 15.2 Å². The van der Waals surface area contributed by atoms with Crippen LogP contribution in [0.15, 0.2) is 29.6 Å². The first-order chi connectivity index (χ1) is 14.7. The minimum atomic E-state index is 0.234. The molecule has 2 aliphatic rings. The van der Waals surface area contributed by atoms with Crippen LogP contribution in [-0.4, -0.2) is 80.3 Å². The number of methoxy groups -OCH3 is 1. The van der Waals surface area contributed by atoms with Gasteiger partial charge >= 0.3 is 0 Å². The number of nitrogens with zero attached hydrogens (tertiary/aromatic N) is 4. The summed E-state index contributed by atoms with van der Waals surface area (Å²) in [6, 6.07) is 7.95. The number of thiazole rings is 1. The molecule has 162 valence electrons. The van der Waals surface area contributed by atoms with Crippen LogP contribution in [-0.2, 0) is 22.5 Å². The molecule has 2 saturated heterocycles. The number of rotatable bonds is 7. The van der Waals surface area contributed by atoms with E-state index in [1.807, 2.05) is 29.2 Å². The van der Waals surface area contributed by atoms with Crippen LogP contribution in [0.1, 0.15) is 17.7 Å². The molecule has 1 amide bonds. The molecule has 2 aromatic rings. The van der Waals surface area contributed by atoms with Crippen molar-refractivity contribution in [1.29, 1.82) is 0 Å². The number of carbonyl (C=O) groups is 1. The summed E-state index contributed by atoms with van der Waals surface area (Å²) in [6.07, 6.45) is 1.31. The molecule has 0 atom stereocenters. The largest absolute Gasteiger partial charge is 0.497 e.